The maximum atomic E-state index is 12.0. The van der Waals surface area contributed by atoms with Crippen molar-refractivity contribution in [3.05, 3.63) is 56.4 Å². The van der Waals surface area contributed by atoms with Crippen LogP contribution in [0.25, 0.3) is 0 Å². The molecule has 1 amide bonds. The number of nitrogens with zero attached hydrogens (tertiary/aromatic N) is 1. The molecule has 0 atom stereocenters. The monoisotopic (exact) mass is 288 g/mol. The largest absolute Gasteiger partial charge is 0.399 e. The lowest BCUT2D eigenvalue weighted by atomic mass is 10.2. The van der Waals surface area contributed by atoms with Crippen molar-refractivity contribution >= 4 is 17.3 Å². The molecule has 0 aliphatic heterocycles. The Labute approximate surface area is 120 Å². The van der Waals surface area contributed by atoms with Gasteiger partial charge in [-0.1, -0.05) is 6.07 Å². The summed E-state index contributed by atoms with van der Waals surface area (Å²) in [5.74, 6) is -0.378. The molecule has 4 N–H and O–H groups in total. The van der Waals surface area contributed by atoms with Gasteiger partial charge in [0.1, 0.15) is 6.54 Å². The van der Waals surface area contributed by atoms with Crippen LogP contribution in [0.15, 0.2) is 34.0 Å². The minimum Gasteiger partial charge on any atom is -0.399 e. The Bertz CT molecular complexity index is 805. The third-order valence-corrected chi connectivity index (χ3v) is 3.04. The lowest BCUT2D eigenvalue weighted by molar-refractivity contribution is -0.116. The normalized spacial score (nSPS) is 10.4. The third kappa shape index (κ3) is 3.38. The summed E-state index contributed by atoms with van der Waals surface area (Å²) >= 11 is 0. The van der Waals surface area contributed by atoms with Crippen LogP contribution in [0.2, 0.25) is 0 Å². The van der Waals surface area contributed by atoms with Crippen molar-refractivity contribution in [1.29, 1.82) is 0 Å². The summed E-state index contributed by atoms with van der Waals surface area (Å²) in [5.41, 5.74) is 6.95. The first-order chi connectivity index (χ1) is 9.86. The Morgan fingerprint density at radius 3 is 2.71 bits per heavy atom. The average Bonchev–Trinajstić information content (AvgIpc) is 2.40. The van der Waals surface area contributed by atoms with Gasteiger partial charge in [0, 0.05) is 23.1 Å². The third-order valence-electron chi connectivity index (χ3n) is 3.04. The number of carbonyl (C=O) groups excluding carboxylic acids is 1. The first kappa shape index (κ1) is 14.6. The van der Waals surface area contributed by atoms with Gasteiger partial charge in [-0.25, -0.2) is 4.79 Å². The molecule has 0 saturated heterocycles. The second-order valence-corrected chi connectivity index (χ2v) is 4.82. The highest BCUT2D eigenvalue weighted by Gasteiger charge is 2.08. The molecule has 0 spiro atoms. The number of benzene rings is 1. The highest BCUT2D eigenvalue weighted by Crippen LogP contribution is 2.17. The summed E-state index contributed by atoms with van der Waals surface area (Å²) in [5, 5.41) is 2.69. The molecule has 0 aliphatic rings. The number of nitrogen functional groups attached to an aromatic ring is 1. The van der Waals surface area contributed by atoms with E-state index in [4.69, 9.17) is 5.73 Å². The predicted molar refractivity (Wildman–Crippen MR) is 80.3 cm³/mol. The molecule has 1 aromatic heterocycles. The number of anilines is 2. The van der Waals surface area contributed by atoms with Crippen molar-refractivity contribution in [2.24, 2.45) is 0 Å². The maximum absolute atomic E-state index is 12.0. The van der Waals surface area contributed by atoms with Gasteiger partial charge in [-0.3, -0.25) is 19.1 Å². The van der Waals surface area contributed by atoms with Crippen molar-refractivity contribution < 1.29 is 4.79 Å². The number of nitrogens with two attached hydrogens (primary N) is 1. The van der Waals surface area contributed by atoms with E-state index >= 15 is 0 Å². The molecule has 0 fully saturated rings. The minimum absolute atomic E-state index is 0.190. The van der Waals surface area contributed by atoms with Crippen molar-refractivity contribution in [1.82, 2.24) is 9.55 Å². The van der Waals surface area contributed by atoms with Gasteiger partial charge in [0.05, 0.1) is 0 Å². The number of hydrogen-bond donors (Lipinski definition) is 3. The molecule has 2 rings (SSSR count). The fourth-order valence-electron chi connectivity index (χ4n) is 1.85. The molecular formula is C14H16N4O3. The Kier molecular flexibility index (Phi) is 3.93. The zero-order valence-electron chi connectivity index (χ0n) is 11.8. The Morgan fingerprint density at radius 2 is 2.00 bits per heavy atom. The van der Waals surface area contributed by atoms with Crippen LogP contribution in [0, 0.1) is 13.8 Å². The summed E-state index contributed by atoms with van der Waals surface area (Å²) in [6.07, 6.45) is 1.35. The van der Waals surface area contributed by atoms with Gasteiger partial charge in [0.15, 0.2) is 0 Å². The van der Waals surface area contributed by atoms with Crippen molar-refractivity contribution in [3.63, 3.8) is 0 Å². The van der Waals surface area contributed by atoms with Crippen LogP contribution < -0.4 is 22.3 Å². The van der Waals surface area contributed by atoms with E-state index in [0.717, 1.165) is 10.1 Å². The lowest BCUT2D eigenvalue weighted by Crippen LogP contribution is -2.34. The Balaban J connectivity index is 2.19. The molecule has 0 radical (unpaired) electrons. The fraction of sp³-hybridized carbons (Fsp3) is 0.214. The quantitative estimate of drug-likeness (QED) is 0.709. The van der Waals surface area contributed by atoms with Gasteiger partial charge in [0.2, 0.25) is 5.91 Å². The molecule has 2 aromatic rings. The van der Waals surface area contributed by atoms with Crippen LogP contribution in [0.4, 0.5) is 11.4 Å². The topological polar surface area (TPSA) is 110 Å². The molecule has 0 aliphatic carbocycles. The maximum Gasteiger partial charge on any atom is 0.328 e. The van der Waals surface area contributed by atoms with Gasteiger partial charge in [-0.05, 0) is 31.5 Å². The summed E-state index contributed by atoms with van der Waals surface area (Å²) in [6, 6.07) is 5.18. The second-order valence-electron chi connectivity index (χ2n) is 4.82. The predicted octanol–water partition coefficient (Wildman–Crippen LogP) is 0.374. The molecule has 21 heavy (non-hydrogen) atoms. The minimum atomic E-state index is -0.620. The summed E-state index contributed by atoms with van der Waals surface area (Å²) in [4.78, 5) is 37.0. The molecule has 1 aromatic carbocycles. The number of rotatable bonds is 3. The van der Waals surface area contributed by atoms with Crippen LogP contribution in [-0.2, 0) is 11.3 Å². The molecule has 1 heterocycles. The SMILES string of the molecule is Cc1ccc(N)cc1NC(=O)Cn1cc(C)c(=O)[nH]c1=O. The van der Waals surface area contributed by atoms with Gasteiger partial charge in [-0.15, -0.1) is 0 Å². The highest BCUT2D eigenvalue weighted by molar-refractivity contribution is 5.91. The van der Waals surface area contributed by atoms with Crippen molar-refractivity contribution in [3.8, 4) is 0 Å². The zero-order chi connectivity index (χ0) is 15.6. The van der Waals surface area contributed by atoms with Crippen molar-refractivity contribution in [2.75, 3.05) is 11.1 Å². The van der Waals surface area contributed by atoms with E-state index in [1.807, 2.05) is 6.92 Å². The van der Waals surface area contributed by atoms with E-state index in [1.165, 1.54) is 6.20 Å². The zero-order valence-corrected chi connectivity index (χ0v) is 11.8. The Morgan fingerprint density at radius 1 is 1.29 bits per heavy atom. The number of aromatic nitrogens is 2. The average molecular weight is 288 g/mol. The second kappa shape index (κ2) is 5.66. The number of H-pyrrole nitrogens is 1. The van der Waals surface area contributed by atoms with E-state index in [-0.39, 0.29) is 12.5 Å². The van der Waals surface area contributed by atoms with E-state index in [1.54, 1.807) is 25.1 Å². The first-order valence-corrected chi connectivity index (χ1v) is 6.33. The van der Waals surface area contributed by atoms with E-state index in [0.29, 0.717) is 16.9 Å². The van der Waals surface area contributed by atoms with E-state index in [9.17, 15) is 14.4 Å². The number of aryl methyl sites for hydroxylation is 2. The molecule has 7 heteroatoms. The van der Waals surface area contributed by atoms with Gasteiger partial charge in [0.25, 0.3) is 5.56 Å². The molecular weight excluding hydrogens is 272 g/mol. The summed E-state index contributed by atoms with van der Waals surface area (Å²) in [7, 11) is 0. The summed E-state index contributed by atoms with van der Waals surface area (Å²) in [6.45, 7) is 3.21. The number of aromatic amines is 1. The fourth-order valence-corrected chi connectivity index (χ4v) is 1.85. The van der Waals surface area contributed by atoms with E-state index in [2.05, 4.69) is 10.3 Å². The number of nitrogens with one attached hydrogen (secondary N) is 2. The Hall–Kier alpha value is -2.83. The van der Waals surface area contributed by atoms with Crippen LogP contribution in [-0.4, -0.2) is 15.5 Å². The van der Waals surface area contributed by atoms with Gasteiger partial charge >= 0.3 is 5.69 Å². The molecule has 0 saturated carbocycles. The molecule has 110 valence electrons. The van der Waals surface area contributed by atoms with E-state index < -0.39 is 11.2 Å². The van der Waals surface area contributed by atoms with Crippen LogP contribution in [0.1, 0.15) is 11.1 Å². The number of amides is 1. The summed E-state index contributed by atoms with van der Waals surface area (Å²) < 4.78 is 1.15. The highest BCUT2D eigenvalue weighted by atomic mass is 16.2. The van der Waals surface area contributed by atoms with Crippen molar-refractivity contribution in [2.45, 2.75) is 20.4 Å². The van der Waals surface area contributed by atoms with Gasteiger partial charge in [-0.2, -0.15) is 0 Å². The smallest absolute Gasteiger partial charge is 0.328 e. The molecule has 0 bridgehead atoms. The molecule has 0 unspecified atom stereocenters. The standard InChI is InChI=1S/C14H16N4O3/c1-8-3-4-10(15)5-11(8)16-12(19)7-18-6-9(2)13(20)17-14(18)21/h3-6H,7,15H2,1-2H3,(H,16,19)(H,17,20,21). The lowest BCUT2D eigenvalue weighted by Gasteiger charge is -2.10. The first-order valence-electron chi connectivity index (χ1n) is 6.33. The van der Waals surface area contributed by atoms with Crippen LogP contribution >= 0.6 is 0 Å². The van der Waals surface area contributed by atoms with Crippen LogP contribution in [0.3, 0.4) is 0 Å². The number of hydrogen-bond acceptors (Lipinski definition) is 4. The van der Waals surface area contributed by atoms with Crippen LogP contribution in [0.5, 0.6) is 0 Å². The number of carbonyl (C=O) groups is 1. The molecule has 7 nitrogen and oxygen atoms in total. The van der Waals surface area contributed by atoms with Gasteiger partial charge < -0.3 is 11.1 Å².